The zero-order valence-corrected chi connectivity index (χ0v) is 14.1. The molecule has 0 radical (unpaired) electrons. The maximum absolute atomic E-state index is 12.1. The number of H-pyrrole nitrogens is 1. The summed E-state index contributed by atoms with van der Waals surface area (Å²) >= 11 is 0. The first-order valence-electron chi connectivity index (χ1n) is 8.36. The second-order valence-corrected chi connectivity index (χ2v) is 6.80. The van der Waals surface area contributed by atoms with Gasteiger partial charge in [0.15, 0.2) is 0 Å². The van der Waals surface area contributed by atoms with Gasteiger partial charge >= 0.3 is 5.69 Å². The van der Waals surface area contributed by atoms with Crippen LogP contribution in [0.3, 0.4) is 0 Å². The van der Waals surface area contributed by atoms with Gasteiger partial charge in [0.2, 0.25) is 5.91 Å². The molecule has 0 saturated carbocycles. The van der Waals surface area contributed by atoms with Crippen molar-refractivity contribution in [2.75, 3.05) is 26.2 Å². The van der Waals surface area contributed by atoms with Crippen molar-refractivity contribution in [2.45, 2.75) is 44.9 Å². The maximum atomic E-state index is 12.1. The van der Waals surface area contributed by atoms with Crippen molar-refractivity contribution in [2.24, 2.45) is 0 Å². The first-order valence-corrected chi connectivity index (χ1v) is 8.36. The lowest BCUT2D eigenvalue weighted by molar-refractivity contribution is -0.130. The Morgan fingerprint density at radius 1 is 1.25 bits per heavy atom. The minimum absolute atomic E-state index is 0.100. The van der Waals surface area contributed by atoms with Crippen molar-refractivity contribution in [3.63, 3.8) is 0 Å². The van der Waals surface area contributed by atoms with Crippen LogP contribution in [-0.4, -0.2) is 68.7 Å². The van der Waals surface area contributed by atoms with Crippen molar-refractivity contribution in [1.82, 2.24) is 19.4 Å². The van der Waals surface area contributed by atoms with E-state index in [1.807, 2.05) is 4.90 Å². The second-order valence-electron chi connectivity index (χ2n) is 6.80. The molecule has 0 unspecified atom stereocenters. The number of rotatable bonds is 2. The van der Waals surface area contributed by atoms with Crippen molar-refractivity contribution in [1.29, 1.82) is 0 Å². The summed E-state index contributed by atoms with van der Waals surface area (Å²) in [6, 6.07) is -0.0568. The van der Waals surface area contributed by atoms with E-state index in [0.717, 1.165) is 25.9 Å². The summed E-state index contributed by atoms with van der Waals surface area (Å²) in [6.07, 6.45) is 2.62. The molecule has 2 fully saturated rings. The number of aromatic amines is 1. The van der Waals surface area contributed by atoms with E-state index < -0.39 is 17.4 Å². The SMILES string of the molecule is CC(=O)N1CCC(N2C[C@@H](O)[C@H](n3cc(C)c(=O)[nH]c3=O)C2)CC1. The Hall–Kier alpha value is -1.93. The van der Waals surface area contributed by atoms with Gasteiger partial charge in [0.05, 0.1) is 12.1 Å². The number of nitrogens with zero attached hydrogens (tertiary/aromatic N) is 3. The Labute approximate surface area is 139 Å². The number of carbonyl (C=O) groups excluding carboxylic acids is 1. The Morgan fingerprint density at radius 3 is 2.54 bits per heavy atom. The van der Waals surface area contributed by atoms with E-state index >= 15 is 0 Å². The molecule has 24 heavy (non-hydrogen) atoms. The highest BCUT2D eigenvalue weighted by atomic mass is 16.3. The molecule has 3 rings (SSSR count). The zero-order chi connectivity index (χ0) is 17.4. The van der Waals surface area contributed by atoms with Crippen LogP contribution in [0.25, 0.3) is 0 Å². The third-order valence-corrected chi connectivity index (χ3v) is 5.22. The van der Waals surface area contributed by atoms with Crippen molar-refractivity contribution in [3.05, 3.63) is 32.6 Å². The lowest BCUT2D eigenvalue weighted by Gasteiger charge is -2.36. The predicted molar refractivity (Wildman–Crippen MR) is 88.0 cm³/mol. The number of carbonyl (C=O) groups is 1. The van der Waals surface area contributed by atoms with E-state index in [-0.39, 0.29) is 11.9 Å². The summed E-state index contributed by atoms with van der Waals surface area (Å²) < 4.78 is 1.44. The molecule has 3 heterocycles. The minimum atomic E-state index is -0.654. The number of piperidine rings is 1. The standard InChI is InChI=1S/C16H24N4O4/c1-10-7-20(16(24)17-15(10)23)13-8-19(9-14(13)22)12-3-5-18(6-4-12)11(2)21/h7,12-14,22H,3-6,8-9H2,1-2H3,(H,17,23,24)/t13-,14-/m1/s1. The highest BCUT2D eigenvalue weighted by Gasteiger charge is 2.37. The van der Waals surface area contributed by atoms with Gasteiger partial charge in [-0.25, -0.2) is 4.79 Å². The Morgan fingerprint density at radius 2 is 1.92 bits per heavy atom. The molecule has 8 nitrogen and oxygen atoms in total. The predicted octanol–water partition coefficient (Wildman–Crippen LogP) is -0.926. The number of amides is 1. The summed E-state index contributed by atoms with van der Waals surface area (Å²) in [7, 11) is 0. The molecular weight excluding hydrogens is 312 g/mol. The molecule has 0 spiro atoms. The van der Waals surface area contributed by atoms with Gasteiger partial charge in [0.25, 0.3) is 5.56 Å². The molecule has 8 heteroatoms. The van der Waals surface area contributed by atoms with E-state index in [1.54, 1.807) is 13.8 Å². The molecule has 2 aliphatic heterocycles. The highest BCUT2D eigenvalue weighted by Crippen LogP contribution is 2.27. The van der Waals surface area contributed by atoms with Crippen molar-refractivity contribution < 1.29 is 9.90 Å². The first-order chi connectivity index (χ1) is 11.4. The van der Waals surface area contributed by atoms with Crippen molar-refractivity contribution in [3.8, 4) is 0 Å². The number of β-amino-alcohol motifs (C(OH)–C–C–N with tert-alkyl or cyclic N) is 1. The van der Waals surface area contributed by atoms with Crippen LogP contribution in [0.2, 0.25) is 0 Å². The zero-order valence-electron chi connectivity index (χ0n) is 14.1. The minimum Gasteiger partial charge on any atom is -0.390 e. The number of aliphatic hydroxyl groups is 1. The first kappa shape index (κ1) is 16.9. The topological polar surface area (TPSA) is 98.6 Å². The van der Waals surface area contributed by atoms with Gasteiger partial charge in [-0.15, -0.1) is 0 Å². The number of aryl methyl sites for hydroxylation is 1. The molecule has 1 aromatic heterocycles. The highest BCUT2D eigenvalue weighted by molar-refractivity contribution is 5.73. The number of aliphatic hydroxyl groups excluding tert-OH is 1. The number of aromatic nitrogens is 2. The van der Waals surface area contributed by atoms with Crippen LogP contribution >= 0.6 is 0 Å². The van der Waals surface area contributed by atoms with Crippen molar-refractivity contribution >= 4 is 5.91 Å². The summed E-state index contributed by atoms with van der Waals surface area (Å²) in [4.78, 5) is 41.3. The lowest BCUT2D eigenvalue weighted by atomic mass is 10.0. The average molecular weight is 336 g/mol. The molecule has 2 saturated heterocycles. The number of hydrogen-bond donors (Lipinski definition) is 2. The molecule has 2 atom stereocenters. The molecule has 0 aromatic carbocycles. The summed E-state index contributed by atoms with van der Waals surface area (Å²) in [5.74, 6) is 0.100. The third-order valence-electron chi connectivity index (χ3n) is 5.22. The summed E-state index contributed by atoms with van der Waals surface area (Å²) in [6.45, 7) is 5.76. The number of likely N-dealkylation sites (tertiary alicyclic amines) is 2. The van der Waals surface area contributed by atoms with Crippen LogP contribution < -0.4 is 11.2 Å². The molecule has 1 aromatic rings. The fraction of sp³-hybridized carbons (Fsp3) is 0.688. The monoisotopic (exact) mass is 336 g/mol. The van der Waals surface area contributed by atoms with E-state index in [1.165, 1.54) is 10.8 Å². The molecular formula is C16H24N4O4. The molecule has 132 valence electrons. The quantitative estimate of drug-likeness (QED) is 0.727. The van der Waals surface area contributed by atoms with E-state index in [9.17, 15) is 19.5 Å². The van der Waals surface area contributed by atoms with Gasteiger partial charge in [0.1, 0.15) is 0 Å². The Bertz CT molecular complexity index is 732. The van der Waals surface area contributed by atoms with Gasteiger partial charge in [-0.1, -0.05) is 0 Å². The molecule has 2 N–H and O–H groups in total. The van der Waals surface area contributed by atoms with Gasteiger partial charge in [-0.05, 0) is 19.8 Å². The number of nitrogens with one attached hydrogen (secondary N) is 1. The maximum Gasteiger partial charge on any atom is 0.328 e. The van der Waals surface area contributed by atoms with Gasteiger partial charge in [-0.2, -0.15) is 0 Å². The number of hydrogen-bond acceptors (Lipinski definition) is 5. The summed E-state index contributed by atoms with van der Waals surface area (Å²) in [5.41, 5.74) is -0.421. The third kappa shape index (κ3) is 3.16. The molecule has 0 aliphatic carbocycles. The molecule has 0 bridgehead atoms. The largest absolute Gasteiger partial charge is 0.390 e. The van der Waals surface area contributed by atoms with Crippen LogP contribution in [0.5, 0.6) is 0 Å². The average Bonchev–Trinajstić information content (AvgIpc) is 2.92. The summed E-state index contributed by atoms with van der Waals surface area (Å²) in [5, 5.41) is 10.4. The smallest absolute Gasteiger partial charge is 0.328 e. The second kappa shape index (κ2) is 6.52. The Kier molecular flexibility index (Phi) is 4.60. The fourth-order valence-electron chi connectivity index (χ4n) is 3.75. The van der Waals surface area contributed by atoms with Crippen LogP contribution in [0, 0.1) is 6.92 Å². The van der Waals surface area contributed by atoms with Gasteiger partial charge in [-0.3, -0.25) is 24.0 Å². The normalized spacial score (nSPS) is 26.0. The fourth-order valence-corrected chi connectivity index (χ4v) is 3.75. The van der Waals surface area contributed by atoms with E-state index in [2.05, 4.69) is 9.88 Å². The molecule has 2 aliphatic rings. The van der Waals surface area contributed by atoms with Gasteiger partial charge < -0.3 is 10.0 Å². The molecule has 1 amide bonds. The lowest BCUT2D eigenvalue weighted by Crippen LogP contribution is -2.45. The van der Waals surface area contributed by atoms with Crippen LogP contribution in [-0.2, 0) is 4.79 Å². The van der Waals surface area contributed by atoms with Crippen LogP contribution in [0.1, 0.15) is 31.4 Å². The van der Waals surface area contributed by atoms with E-state index in [4.69, 9.17) is 0 Å². The Balaban J connectivity index is 1.72. The van der Waals surface area contributed by atoms with Gasteiger partial charge in [0, 0.05) is 50.9 Å². The van der Waals surface area contributed by atoms with Crippen LogP contribution in [0.15, 0.2) is 15.8 Å². The van der Waals surface area contributed by atoms with Crippen LogP contribution in [0.4, 0.5) is 0 Å². The van der Waals surface area contributed by atoms with E-state index in [0.29, 0.717) is 24.7 Å².